The first kappa shape index (κ1) is 16.8. The van der Waals surface area contributed by atoms with Gasteiger partial charge in [0.1, 0.15) is 5.69 Å². The van der Waals surface area contributed by atoms with Gasteiger partial charge in [0.05, 0.1) is 10.5 Å². The highest BCUT2D eigenvalue weighted by molar-refractivity contribution is 6.37. The summed E-state index contributed by atoms with van der Waals surface area (Å²) < 4.78 is 5.24. The fourth-order valence-corrected chi connectivity index (χ4v) is 3.03. The fraction of sp³-hybridized carbons (Fsp3) is 0.0588. The van der Waals surface area contributed by atoms with Crippen LogP contribution in [0.3, 0.4) is 0 Å². The first-order chi connectivity index (χ1) is 11.4. The molecule has 0 radical (unpaired) electrons. The summed E-state index contributed by atoms with van der Waals surface area (Å²) in [4.78, 5) is 27.2. The maximum Gasteiger partial charge on any atom is 0.308 e. The zero-order valence-electron chi connectivity index (χ0n) is 12.3. The van der Waals surface area contributed by atoms with Crippen molar-refractivity contribution in [2.45, 2.75) is 6.92 Å². The minimum atomic E-state index is -0.540. The van der Waals surface area contributed by atoms with Crippen molar-refractivity contribution in [2.24, 2.45) is 0 Å². The highest BCUT2D eigenvalue weighted by Gasteiger charge is 2.23. The number of esters is 1. The molecule has 3 rings (SSSR count). The first-order valence-corrected chi connectivity index (χ1v) is 7.99. The maximum atomic E-state index is 12.9. The number of benzene rings is 2. The van der Waals surface area contributed by atoms with E-state index in [1.807, 2.05) is 0 Å². The van der Waals surface area contributed by atoms with Crippen LogP contribution in [0.25, 0.3) is 10.9 Å². The number of ether oxygens (including phenoxy) is 1. The van der Waals surface area contributed by atoms with Crippen molar-refractivity contribution in [3.05, 3.63) is 62.7 Å². The Balaban J connectivity index is 2.20. The summed E-state index contributed by atoms with van der Waals surface area (Å²) in [6, 6.07) is 9.52. The van der Waals surface area contributed by atoms with Gasteiger partial charge in [0.25, 0.3) is 0 Å². The van der Waals surface area contributed by atoms with Crippen LogP contribution in [0.2, 0.25) is 15.1 Å². The normalized spacial score (nSPS) is 10.8. The van der Waals surface area contributed by atoms with E-state index < -0.39 is 11.8 Å². The van der Waals surface area contributed by atoms with Crippen LogP contribution in [-0.2, 0) is 4.79 Å². The summed E-state index contributed by atoms with van der Waals surface area (Å²) in [6.45, 7) is 1.26. The molecule has 2 aromatic carbocycles. The molecule has 24 heavy (non-hydrogen) atoms. The van der Waals surface area contributed by atoms with Crippen LogP contribution in [0.5, 0.6) is 5.75 Å². The molecule has 3 aromatic rings. The van der Waals surface area contributed by atoms with Crippen molar-refractivity contribution in [1.82, 2.24) is 4.98 Å². The third kappa shape index (κ3) is 3.13. The largest absolute Gasteiger partial charge is 0.424 e. The van der Waals surface area contributed by atoms with Crippen LogP contribution in [0, 0.1) is 0 Å². The van der Waals surface area contributed by atoms with Gasteiger partial charge in [-0.05, 0) is 36.4 Å². The van der Waals surface area contributed by atoms with Gasteiger partial charge < -0.3 is 9.72 Å². The van der Waals surface area contributed by atoms with Crippen molar-refractivity contribution >= 4 is 57.5 Å². The molecular formula is C17H10Cl3NO3. The molecule has 7 heteroatoms. The van der Waals surface area contributed by atoms with E-state index in [1.54, 1.807) is 24.3 Å². The number of halogens is 3. The number of ketones is 1. The maximum absolute atomic E-state index is 12.9. The second-order valence-electron chi connectivity index (χ2n) is 5.07. The number of aromatic nitrogens is 1. The Morgan fingerprint density at radius 2 is 1.67 bits per heavy atom. The number of fused-ring (bicyclic) bond motifs is 1. The lowest BCUT2D eigenvalue weighted by Gasteiger charge is -2.06. The van der Waals surface area contributed by atoms with Crippen LogP contribution in [0.4, 0.5) is 0 Å². The van der Waals surface area contributed by atoms with E-state index in [0.717, 1.165) is 0 Å². The zero-order chi connectivity index (χ0) is 17.4. The third-order valence-corrected chi connectivity index (χ3v) is 4.14. The molecule has 0 spiro atoms. The second kappa shape index (κ2) is 6.48. The van der Waals surface area contributed by atoms with Crippen molar-refractivity contribution in [2.75, 3.05) is 0 Å². The van der Waals surface area contributed by atoms with Gasteiger partial charge in [0, 0.05) is 27.9 Å². The summed E-state index contributed by atoms with van der Waals surface area (Å²) in [5.74, 6) is -0.812. The highest BCUT2D eigenvalue weighted by Crippen LogP contribution is 2.34. The second-order valence-corrected chi connectivity index (χ2v) is 6.35. The molecule has 0 fully saturated rings. The van der Waals surface area contributed by atoms with Crippen LogP contribution >= 0.6 is 34.8 Å². The van der Waals surface area contributed by atoms with E-state index in [9.17, 15) is 9.59 Å². The van der Waals surface area contributed by atoms with E-state index in [4.69, 9.17) is 39.5 Å². The van der Waals surface area contributed by atoms with Gasteiger partial charge in [-0.3, -0.25) is 9.59 Å². The molecule has 0 bridgehead atoms. The standard InChI is InChI=1S/C17H10Cl3NO3/c1-8(22)24-17-12-5-3-10(19)7-14(12)21-15(17)16(23)11-4-2-9(18)6-13(11)20/h2-7,21H,1H3. The van der Waals surface area contributed by atoms with E-state index in [2.05, 4.69) is 4.98 Å². The predicted molar refractivity (Wildman–Crippen MR) is 94.5 cm³/mol. The summed E-state index contributed by atoms with van der Waals surface area (Å²) in [6.07, 6.45) is 0. The number of nitrogens with one attached hydrogen (secondary N) is 1. The van der Waals surface area contributed by atoms with Crippen LogP contribution in [0.15, 0.2) is 36.4 Å². The van der Waals surface area contributed by atoms with E-state index in [0.29, 0.717) is 20.9 Å². The van der Waals surface area contributed by atoms with Crippen molar-refractivity contribution in [3.63, 3.8) is 0 Å². The van der Waals surface area contributed by atoms with Crippen molar-refractivity contribution < 1.29 is 14.3 Å². The molecule has 0 unspecified atom stereocenters. The summed E-state index contributed by atoms with van der Waals surface area (Å²) >= 11 is 17.9. The number of H-pyrrole nitrogens is 1. The Hall–Kier alpha value is -2.01. The summed E-state index contributed by atoms with van der Waals surface area (Å²) in [7, 11) is 0. The lowest BCUT2D eigenvalue weighted by atomic mass is 10.1. The lowest BCUT2D eigenvalue weighted by molar-refractivity contribution is -0.131. The van der Waals surface area contributed by atoms with Gasteiger partial charge in [0.2, 0.25) is 5.78 Å². The van der Waals surface area contributed by atoms with E-state index in [1.165, 1.54) is 19.1 Å². The minimum Gasteiger partial charge on any atom is -0.424 e. The van der Waals surface area contributed by atoms with Gasteiger partial charge in [0.15, 0.2) is 5.75 Å². The molecule has 0 atom stereocenters. The van der Waals surface area contributed by atoms with Gasteiger partial charge in [-0.2, -0.15) is 0 Å². The molecule has 0 saturated heterocycles. The molecule has 0 saturated carbocycles. The molecule has 0 aliphatic carbocycles. The fourth-order valence-electron chi connectivity index (χ4n) is 2.36. The Kier molecular flexibility index (Phi) is 4.54. The summed E-state index contributed by atoms with van der Waals surface area (Å²) in [5.41, 5.74) is 0.936. The number of aromatic amines is 1. The number of hydrogen-bond donors (Lipinski definition) is 1. The number of rotatable bonds is 3. The van der Waals surface area contributed by atoms with E-state index >= 15 is 0 Å². The number of carbonyl (C=O) groups excluding carboxylic acids is 2. The Bertz CT molecular complexity index is 979. The molecule has 0 aliphatic rings. The SMILES string of the molecule is CC(=O)Oc1c(C(=O)c2ccc(Cl)cc2Cl)[nH]c2cc(Cl)ccc12. The van der Waals surface area contributed by atoms with E-state index in [-0.39, 0.29) is 22.0 Å². The Morgan fingerprint density at radius 3 is 2.33 bits per heavy atom. The van der Waals surface area contributed by atoms with Gasteiger partial charge in [-0.15, -0.1) is 0 Å². The van der Waals surface area contributed by atoms with Crippen LogP contribution in [-0.4, -0.2) is 16.7 Å². The molecular weight excluding hydrogens is 373 g/mol. The number of hydrogen-bond acceptors (Lipinski definition) is 3. The summed E-state index contributed by atoms with van der Waals surface area (Å²) in [5, 5.41) is 1.68. The molecule has 4 nitrogen and oxygen atoms in total. The van der Waals surface area contributed by atoms with Crippen LogP contribution < -0.4 is 4.74 Å². The van der Waals surface area contributed by atoms with Crippen LogP contribution in [0.1, 0.15) is 23.0 Å². The van der Waals surface area contributed by atoms with Crippen molar-refractivity contribution in [1.29, 1.82) is 0 Å². The molecule has 1 N–H and O–H groups in total. The molecule has 1 heterocycles. The average Bonchev–Trinajstić information content (AvgIpc) is 2.83. The van der Waals surface area contributed by atoms with Crippen molar-refractivity contribution in [3.8, 4) is 5.75 Å². The smallest absolute Gasteiger partial charge is 0.308 e. The minimum absolute atomic E-state index is 0.117. The quantitative estimate of drug-likeness (QED) is 0.495. The highest BCUT2D eigenvalue weighted by atomic mass is 35.5. The molecule has 1 aromatic heterocycles. The van der Waals surface area contributed by atoms with Gasteiger partial charge in [-0.1, -0.05) is 34.8 Å². The molecule has 122 valence electrons. The van der Waals surface area contributed by atoms with Gasteiger partial charge >= 0.3 is 5.97 Å². The van der Waals surface area contributed by atoms with Gasteiger partial charge in [-0.25, -0.2) is 0 Å². The zero-order valence-corrected chi connectivity index (χ0v) is 14.6. The number of carbonyl (C=O) groups is 2. The monoisotopic (exact) mass is 381 g/mol. The Labute approximate surface area is 152 Å². The topological polar surface area (TPSA) is 59.2 Å². The Morgan fingerprint density at radius 1 is 1.00 bits per heavy atom. The first-order valence-electron chi connectivity index (χ1n) is 6.86. The lowest BCUT2D eigenvalue weighted by Crippen LogP contribution is -2.08. The average molecular weight is 383 g/mol. The predicted octanol–water partition coefficient (Wildman–Crippen LogP) is 5.28. The molecule has 0 aliphatic heterocycles. The third-order valence-electron chi connectivity index (χ3n) is 3.36. The molecule has 0 amide bonds.